The van der Waals surface area contributed by atoms with E-state index in [0.29, 0.717) is 17.0 Å². The molecule has 0 radical (unpaired) electrons. The molecule has 1 amide bonds. The molecule has 6 nitrogen and oxygen atoms in total. The molecular weight excluding hydrogens is 386 g/mol. The average molecular weight is 408 g/mol. The summed E-state index contributed by atoms with van der Waals surface area (Å²) in [5, 5.41) is 4.04. The zero-order chi connectivity index (χ0) is 20.2. The van der Waals surface area contributed by atoms with Gasteiger partial charge in [0.2, 0.25) is 5.91 Å². The Morgan fingerprint density at radius 2 is 1.86 bits per heavy atom. The van der Waals surface area contributed by atoms with E-state index < -0.39 is 5.91 Å². The molecule has 0 spiro atoms. The fourth-order valence-electron chi connectivity index (χ4n) is 3.41. The minimum Gasteiger partial charge on any atom is -0.366 e. The number of benzene rings is 1. The van der Waals surface area contributed by atoms with Gasteiger partial charge in [-0.2, -0.15) is 0 Å². The Morgan fingerprint density at radius 1 is 1.10 bits per heavy atom. The van der Waals surface area contributed by atoms with Crippen molar-refractivity contribution in [1.29, 1.82) is 0 Å². The van der Waals surface area contributed by atoms with Crippen LogP contribution >= 0.6 is 11.6 Å². The van der Waals surface area contributed by atoms with Crippen LogP contribution in [-0.4, -0.2) is 42.1 Å². The smallest absolute Gasteiger partial charge is 0.248 e. The normalized spacial score (nSPS) is 14.0. The molecule has 148 valence electrons. The van der Waals surface area contributed by atoms with Crippen LogP contribution in [0, 0.1) is 0 Å². The molecule has 0 saturated carbocycles. The Bertz CT molecular complexity index is 1020. The van der Waals surface area contributed by atoms with E-state index >= 15 is 0 Å². The largest absolute Gasteiger partial charge is 0.366 e. The van der Waals surface area contributed by atoms with Crippen LogP contribution < -0.4 is 16.0 Å². The van der Waals surface area contributed by atoms with Gasteiger partial charge in [-0.3, -0.25) is 9.78 Å². The monoisotopic (exact) mass is 407 g/mol. The lowest BCUT2D eigenvalue weighted by Gasteiger charge is -2.29. The molecule has 1 aromatic carbocycles. The third-order valence-electron chi connectivity index (χ3n) is 4.95. The van der Waals surface area contributed by atoms with E-state index in [9.17, 15) is 4.79 Å². The van der Waals surface area contributed by atoms with Crippen LogP contribution in [-0.2, 0) is 6.42 Å². The van der Waals surface area contributed by atoms with Crippen LogP contribution in [0.15, 0.2) is 54.7 Å². The number of hydrogen-bond acceptors (Lipinski definition) is 5. The summed E-state index contributed by atoms with van der Waals surface area (Å²) in [5.74, 6) is 0.314. The van der Waals surface area contributed by atoms with Crippen molar-refractivity contribution >= 4 is 23.3 Å². The molecule has 29 heavy (non-hydrogen) atoms. The molecule has 0 atom stereocenters. The van der Waals surface area contributed by atoms with E-state index in [1.165, 1.54) is 0 Å². The first-order valence-electron chi connectivity index (χ1n) is 9.56. The number of nitrogens with zero attached hydrogens (tertiary/aromatic N) is 3. The second-order valence-corrected chi connectivity index (χ2v) is 7.48. The highest BCUT2D eigenvalue weighted by atomic mass is 35.5. The number of aromatic nitrogens is 2. The summed E-state index contributed by atoms with van der Waals surface area (Å²) < 4.78 is 0. The number of nitrogens with two attached hydrogens (primary N) is 1. The van der Waals surface area contributed by atoms with Crippen molar-refractivity contribution in [3.8, 4) is 11.3 Å². The predicted molar refractivity (Wildman–Crippen MR) is 115 cm³/mol. The van der Waals surface area contributed by atoms with Crippen molar-refractivity contribution in [3.05, 3.63) is 76.6 Å². The van der Waals surface area contributed by atoms with Gasteiger partial charge in [0, 0.05) is 60.6 Å². The van der Waals surface area contributed by atoms with E-state index in [1.54, 1.807) is 18.3 Å². The fourth-order valence-corrected chi connectivity index (χ4v) is 3.53. The van der Waals surface area contributed by atoms with Gasteiger partial charge in [0.05, 0.1) is 5.69 Å². The second kappa shape index (κ2) is 8.59. The number of piperazine rings is 1. The van der Waals surface area contributed by atoms with Crippen molar-refractivity contribution in [1.82, 2.24) is 15.3 Å². The summed E-state index contributed by atoms with van der Waals surface area (Å²) in [6, 6.07) is 15.2. The lowest BCUT2D eigenvalue weighted by molar-refractivity contribution is 0.1000. The maximum absolute atomic E-state index is 11.9. The van der Waals surface area contributed by atoms with Crippen LogP contribution in [0.1, 0.15) is 21.6 Å². The summed E-state index contributed by atoms with van der Waals surface area (Å²) in [6.45, 7) is 3.45. The molecule has 7 heteroatoms. The van der Waals surface area contributed by atoms with Gasteiger partial charge in [-0.05, 0) is 42.0 Å². The number of amides is 1. The number of pyridine rings is 2. The number of halogens is 1. The molecular formula is C22H22ClN5O. The van der Waals surface area contributed by atoms with Crippen molar-refractivity contribution in [3.63, 3.8) is 0 Å². The maximum atomic E-state index is 11.9. The van der Waals surface area contributed by atoms with Crippen molar-refractivity contribution in [2.24, 2.45) is 5.73 Å². The molecule has 0 unspecified atom stereocenters. The topological polar surface area (TPSA) is 84.1 Å². The van der Waals surface area contributed by atoms with Gasteiger partial charge < -0.3 is 16.0 Å². The predicted octanol–water partition coefficient (Wildman–Crippen LogP) is 2.90. The zero-order valence-corrected chi connectivity index (χ0v) is 16.7. The minimum atomic E-state index is -0.458. The Morgan fingerprint density at radius 3 is 2.59 bits per heavy atom. The highest BCUT2D eigenvalue weighted by Gasteiger charge is 2.16. The Labute approximate surface area is 174 Å². The Hall–Kier alpha value is -2.96. The third kappa shape index (κ3) is 4.72. The molecule has 0 bridgehead atoms. The van der Waals surface area contributed by atoms with Gasteiger partial charge in [-0.25, -0.2) is 4.98 Å². The van der Waals surface area contributed by atoms with Gasteiger partial charge in [0.25, 0.3) is 0 Å². The number of nitrogens with one attached hydrogen (secondary N) is 1. The summed E-state index contributed by atoms with van der Waals surface area (Å²) in [5.41, 5.74) is 9.70. The second-order valence-electron chi connectivity index (χ2n) is 7.04. The molecule has 1 aliphatic rings. The molecule has 0 aliphatic carbocycles. The quantitative estimate of drug-likeness (QED) is 0.679. The number of rotatable bonds is 5. The van der Waals surface area contributed by atoms with Crippen molar-refractivity contribution in [2.45, 2.75) is 6.42 Å². The Kier molecular flexibility index (Phi) is 5.74. The van der Waals surface area contributed by atoms with Gasteiger partial charge in [-0.15, -0.1) is 0 Å². The SMILES string of the molecule is NC(=O)c1cc(-c2ccnc(Cc3ccc(Cl)cc3)c2)nc(N2CCNCC2)c1. The average Bonchev–Trinajstić information content (AvgIpc) is 2.76. The third-order valence-corrected chi connectivity index (χ3v) is 5.20. The fraction of sp³-hybridized carbons (Fsp3) is 0.227. The molecule has 2 aromatic heterocycles. The number of carbonyl (C=O) groups excluding carboxylic acids is 1. The first-order chi connectivity index (χ1) is 14.1. The molecule has 1 aliphatic heterocycles. The molecule has 3 heterocycles. The minimum absolute atomic E-state index is 0.458. The van der Waals surface area contributed by atoms with Crippen LogP contribution in [0.2, 0.25) is 5.02 Å². The summed E-state index contributed by atoms with van der Waals surface area (Å²) in [6.07, 6.45) is 2.45. The molecule has 3 N–H and O–H groups in total. The summed E-state index contributed by atoms with van der Waals surface area (Å²) >= 11 is 5.97. The van der Waals surface area contributed by atoms with E-state index in [4.69, 9.17) is 22.3 Å². The standard InChI is InChI=1S/C22H22ClN5O/c23-18-3-1-15(2-4-18)11-19-12-16(5-6-26-19)20-13-17(22(24)29)14-21(27-20)28-9-7-25-8-10-28/h1-6,12-14,25H,7-11H2,(H2,24,29). The van der Waals surface area contributed by atoms with E-state index in [-0.39, 0.29) is 0 Å². The summed E-state index contributed by atoms with van der Waals surface area (Å²) in [7, 11) is 0. The first-order valence-corrected chi connectivity index (χ1v) is 9.93. The molecule has 4 rings (SSSR count). The van der Waals surface area contributed by atoms with Crippen LogP contribution in [0.5, 0.6) is 0 Å². The highest BCUT2D eigenvalue weighted by Crippen LogP contribution is 2.24. The molecule has 1 fully saturated rings. The van der Waals surface area contributed by atoms with E-state index in [2.05, 4.69) is 15.2 Å². The van der Waals surface area contributed by atoms with Gasteiger partial charge >= 0.3 is 0 Å². The Balaban J connectivity index is 1.67. The lowest BCUT2D eigenvalue weighted by Crippen LogP contribution is -2.44. The number of carbonyl (C=O) groups is 1. The number of hydrogen-bond donors (Lipinski definition) is 2. The zero-order valence-electron chi connectivity index (χ0n) is 15.9. The molecule has 3 aromatic rings. The number of anilines is 1. The lowest BCUT2D eigenvalue weighted by atomic mass is 10.0. The van der Waals surface area contributed by atoms with Crippen molar-refractivity contribution < 1.29 is 4.79 Å². The highest BCUT2D eigenvalue weighted by molar-refractivity contribution is 6.30. The summed E-state index contributed by atoms with van der Waals surface area (Å²) in [4.78, 5) is 23.4. The van der Waals surface area contributed by atoms with E-state index in [0.717, 1.165) is 54.5 Å². The van der Waals surface area contributed by atoms with E-state index in [1.807, 2.05) is 36.4 Å². The van der Waals surface area contributed by atoms with Crippen LogP contribution in [0.25, 0.3) is 11.3 Å². The van der Waals surface area contributed by atoms with Crippen LogP contribution in [0.4, 0.5) is 5.82 Å². The first kappa shape index (κ1) is 19.4. The molecule has 1 saturated heterocycles. The van der Waals surface area contributed by atoms with Crippen molar-refractivity contribution in [2.75, 3.05) is 31.1 Å². The van der Waals surface area contributed by atoms with Gasteiger partial charge in [0.15, 0.2) is 0 Å². The number of primary amides is 1. The van der Waals surface area contributed by atoms with Crippen LogP contribution in [0.3, 0.4) is 0 Å². The van der Waals surface area contributed by atoms with Gasteiger partial charge in [0.1, 0.15) is 5.82 Å². The maximum Gasteiger partial charge on any atom is 0.248 e. The van der Waals surface area contributed by atoms with Gasteiger partial charge in [-0.1, -0.05) is 23.7 Å².